The summed E-state index contributed by atoms with van der Waals surface area (Å²) >= 11 is 0.118. The number of carbonyl (C=O) groups excluding carboxylic acids is 1. The summed E-state index contributed by atoms with van der Waals surface area (Å²) in [6.45, 7) is 2.13. The van der Waals surface area contributed by atoms with E-state index in [2.05, 4.69) is 15.4 Å². The highest BCUT2D eigenvalue weighted by molar-refractivity contribution is 8.00. The fraction of sp³-hybridized carbons (Fsp3) is 0.500. The van der Waals surface area contributed by atoms with Crippen LogP contribution < -0.4 is 5.32 Å². The number of urea groups is 1. The monoisotopic (exact) mass is 431 g/mol. The molecule has 0 bridgehead atoms. The quantitative estimate of drug-likeness (QED) is 0.551. The average molecular weight is 431 g/mol. The van der Waals surface area contributed by atoms with Crippen molar-refractivity contribution < 1.29 is 22.4 Å². The molecule has 1 aliphatic rings. The molecule has 3 rings (SSSR count). The highest BCUT2D eigenvalue weighted by atomic mass is 32.2. The number of thioether (sulfide) groups is 1. The van der Waals surface area contributed by atoms with Gasteiger partial charge in [-0.2, -0.15) is 13.9 Å². The minimum atomic E-state index is -3.24. The molecular weight excluding hydrogens is 410 g/mol. The lowest BCUT2D eigenvalue weighted by molar-refractivity contribution is 0.00988. The number of aryl methyl sites for hydroxylation is 2. The van der Waals surface area contributed by atoms with Crippen molar-refractivity contribution in [2.75, 3.05) is 18.4 Å². The second kappa shape index (κ2) is 8.60. The molecule has 3 heterocycles. The highest BCUT2D eigenvalue weighted by Crippen LogP contribution is 2.47. The zero-order valence-electron chi connectivity index (χ0n) is 15.9. The number of anilines is 1. The number of piperidine rings is 1. The van der Waals surface area contributed by atoms with Crippen LogP contribution >= 0.6 is 11.8 Å². The van der Waals surface area contributed by atoms with Gasteiger partial charge in [-0.3, -0.25) is 9.67 Å². The minimum absolute atomic E-state index is 0.0733. The Labute approximate surface area is 169 Å². The molecule has 1 N–H and O–H groups in total. The standard InChI is InChI=1S/C18H21F4N5OS/c1-11-3-4-13(9-23-11)24-17(28)27-7-5-12(6-8-27)18(21,22)29-14-10-26(2)25-15(14)16(19)20/h3-4,9-10,12,16H,5-8H2,1-2H3,(H,24,28). The molecule has 2 aromatic heterocycles. The summed E-state index contributed by atoms with van der Waals surface area (Å²) in [5.74, 6) is -1.02. The van der Waals surface area contributed by atoms with E-state index in [0.29, 0.717) is 5.69 Å². The van der Waals surface area contributed by atoms with E-state index in [1.54, 1.807) is 12.1 Å². The number of nitrogens with zero attached hydrogens (tertiary/aromatic N) is 4. The maximum Gasteiger partial charge on any atom is 0.321 e. The van der Waals surface area contributed by atoms with Crippen molar-refractivity contribution >= 4 is 23.5 Å². The van der Waals surface area contributed by atoms with Gasteiger partial charge in [0.2, 0.25) is 0 Å². The first-order chi connectivity index (χ1) is 13.7. The summed E-state index contributed by atoms with van der Waals surface area (Å²) in [7, 11) is 1.41. The van der Waals surface area contributed by atoms with Crippen LogP contribution in [0.25, 0.3) is 0 Å². The molecule has 0 saturated carbocycles. The molecule has 2 aromatic rings. The first kappa shape index (κ1) is 21.4. The largest absolute Gasteiger partial charge is 0.325 e. The molecule has 2 amide bonds. The fourth-order valence-electron chi connectivity index (χ4n) is 3.11. The van der Waals surface area contributed by atoms with Crippen LogP contribution in [-0.4, -0.2) is 44.0 Å². The predicted octanol–water partition coefficient (Wildman–Crippen LogP) is 4.69. The molecule has 6 nitrogen and oxygen atoms in total. The first-order valence-corrected chi connectivity index (χ1v) is 9.84. The van der Waals surface area contributed by atoms with Gasteiger partial charge in [0, 0.05) is 37.9 Å². The van der Waals surface area contributed by atoms with E-state index in [9.17, 15) is 22.4 Å². The molecule has 0 radical (unpaired) electrons. The topological polar surface area (TPSA) is 63.1 Å². The van der Waals surface area contributed by atoms with Gasteiger partial charge in [-0.15, -0.1) is 0 Å². The normalized spacial score (nSPS) is 15.8. The van der Waals surface area contributed by atoms with E-state index in [1.165, 1.54) is 24.3 Å². The van der Waals surface area contributed by atoms with Crippen LogP contribution in [-0.2, 0) is 7.05 Å². The Kier molecular flexibility index (Phi) is 6.35. The van der Waals surface area contributed by atoms with Gasteiger partial charge in [-0.25, -0.2) is 13.6 Å². The van der Waals surface area contributed by atoms with Gasteiger partial charge < -0.3 is 10.2 Å². The number of hydrogen-bond donors (Lipinski definition) is 1. The molecule has 0 aromatic carbocycles. The molecule has 0 atom stereocenters. The molecule has 0 spiro atoms. The predicted molar refractivity (Wildman–Crippen MR) is 101 cm³/mol. The number of pyridine rings is 1. The summed E-state index contributed by atoms with van der Waals surface area (Å²) in [5, 5.41) is 3.02. The van der Waals surface area contributed by atoms with E-state index in [4.69, 9.17) is 0 Å². The van der Waals surface area contributed by atoms with Crippen molar-refractivity contribution in [3.8, 4) is 0 Å². The summed E-state index contributed by atoms with van der Waals surface area (Å²) in [5.41, 5.74) is 0.701. The molecule has 0 unspecified atom stereocenters. The van der Waals surface area contributed by atoms with Crippen LogP contribution in [0, 0.1) is 12.8 Å². The van der Waals surface area contributed by atoms with Gasteiger partial charge in [0.25, 0.3) is 6.43 Å². The van der Waals surface area contributed by atoms with Crippen LogP contribution in [0.2, 0.25) is 0 Å². The van der Waals surface area contributed by atoms with Crippen LogP contribution in [0.5, 0.6) is 0 Å². The maximum absolute atomic E-state index is 14.7. The van der Waals surface area contributed by atoms with Crippen molar-refractivity contribution in [1.82, 2.24) is 19.7 Å². The smallest absolute Gasteiger partial charge is 0.321 e. The van der Waals surface area contributed by atoms with E-state index in [-0.39, 0.29) is 48.6 Å². The van der Waals surface area contributed by atoms with Gasteiger partial charge in [-0.05, 0) is 43.7 Å². The molecule has 1 fully saturated rings. The summed E-state index contributed by atoms with van der Waals surface area (Å²) < 4.78 is 56.6. The summed E-state index contributed by atoms with van der Waals surface area (Å²) in [6, 6.07) is 3.09. The lowest BCUT2D eigenvalue weighted by atomic mass is 9.97. The van der Waals surface area contributed by atoms with Gasteiger partial charge in [-0.1, -0.05) is 0 Å². The third kappa shape index (κ3) is 5.20. The fourth-order valence-corrected chi connectivity index (χ4v) is 4.24. The second-order valence-electron chi connectivity index (χ2n) is 6.90. The van der Waals surface area contributed by atoms with Crippen LogP contribution in [0.15, 0.2) is 29.4 Å². The number of likely N-dealkylation sites (tertiary alicyclic amines) is 1. The minimum Gasteiger partial charge on any atom is -0.325 e. The SMILES string of the molecule is Cc1ccc(NC(=O)N2CCC(C(F)(F)Sc3cn(C)nc3C(F)F)CC2)cn1. The number of hydrogen-bond acceptors (Lipinski definition) is 4. The molecule has 1 saturated heterocycles. The van der Waals surface area contributed by atoms with E-state index < -0.39 is 23.3 Å². The second-order valence-corrected chi connectivity index (χ2v) is 8.08. The zero-order chi connectivity index (χ0) is 21.2. The molecule has 29 heavy (non-hydrogen) atoms. The summed E-state index contributed by atoms with van der Waals surface area (Å²) in [4.78, 5) is 17.7. The Morgan fingerprint density at radius 3 is 2.59 bits per heavy atom. The van der Waals surface area contributed by atoms with Crippen molar-refractivity contribution in [3.05, 3.63) is 35.9 Å². The molecule has 0 aliphatic carbocycles. The van der Waals surface area contributed by atoms with Crippen molar-refractivity contribution in [1.29, 1.82) is 0 Å². The molecule has 11 heteroatoms. The molecular formula is C18H21F4N5OS. The van der Waals surface area contributed by atoms with Gasteiger partial charge in [0.05, 0.1) is 16.8 Å². The van der Waals surface area contributed by atoms with Crippen LogP contribution in [0.4, 0.5) is 28.0 Å². The third-order valence-corrected chi connectivity index (χ3v) is 5.83. The lowest BCUT2D eigenvalue weighted by Crippen LogP contribution is -2.44. The Morgan fingerprint density at radius 1 is 1.31 bits per heavy atom. The van der Waals surface area contributed by atoms with E-state index >= 15 is 0 Å². The summed E-state index contributed by atoms with van der Waals surface area (Å²) in [6.07, 6.45) is -0.0677. The number of amides is 2. The third-order valence-electron chi connectivity index (χ3n) is 4.69. The molecule has 158 valence electrons. The first-order valence-electron chi connectivity index (χ1n) is 9.03. The van der Waals surface area contributed by atoms with Crippen molar-refractivity contribution in [2.45, 2.75) is 36.3 Å². The number of rotatable bonds is 5. The van der Waals surface area contributed by atoms with Gasteiger partial charge in [0.1, 0.15) is 5.69 Å². The Hall–Kier alpha value is -2.30. The maximum atomic E-state index is 14.7. The Morgan fingerprint density at radius 2 is 2.00 bits per heavy atom. The number of halogens is 4. The van der Waals surface area contributed by atoms with Crippen molar-refractivity contribution in [2.24, 2.45) is 13.0 Å². The number of alkyl halides is 4. The number of nitrogens with one attached hydrogen (secondary N) is 1. The lowest BCUT2D eigenvalue weighted by Gasteiger charge is -2.35. The number of carbonyl (C=O) groups is 1. The van der Waals surface area contributed by atoms with E-state index in [1.807, 2.05) is 6.92 Å². The Bertz CT molecular complexity index is 850. The van der Waals surface area contributed by atoms with Crippen LogP contribution in [0.3, 0.4) is 0 Å². The van der Waals surface area contributed by atoms with Gasteiger partial charge >= 0.3 is 11.3 Å². The van der Waals surface area contributed by atoms with Gasteiger partial charge in [0.15, 0.2) is 0 Å². The number of aromatic nitrogens is 3. The van der Waals surface area contributed by atoms with E-state index in [0.717, 1.165) is 10.4 Å². The van der Waals surface area contributed by atoms with Crippen LogP contribution in [0.1, 0.15) is 30.7 Å². The van der Waals surface area contributed by atoms with Crippen molar-refractivity contribution in [3.63, 3.8) is 0 Å². The average Bonchev–Trinajstić information content (AvgIpc) is 3.03. The highest BCUT2D eigenvalue weighted by Gasteiger charge is 2.44. The molecule has 1 aliphatic heterocycles. The Balaban J connectivity index is 1.57. The zero-order valence-corrected chi connectivity index (χ0v) is 16.7.